The Morgan fingerprint density at radius 1 is 1.07 bits per heavy atom. The van der Waals surface area contributed by atoms with Crippen molar-refractivity contribution in [2.45, 2.75) is 31.5 Å². The van der Waals surface area contributed by atoms with Crippen LogP contribution in [0.5, 0.6) is 0 Å². The van der Waals surface area contributed by atoms with E-state index in [0.717, 1.165) is 5.56 Å². The summed E-state index contributed by atoms with van der Waals surface area (Å²) in [6.45, 7) is -0.143. The molecular weight excluding hydrogens is 571 g/mol. The lowest BCUT2D eigenvalue weighted by Gasteiger charge is -2.20. The fourth-order valence-electron chi connectivity index (χ4n) is 3.65. The van der Waals surface area contributed by atoms with E-state index in [1.807, 2.05) is 6.07 Å². The molecule has 0 radical (unpaired) electrons. The summed E-state index contributed by atoms with van der Waals surface area (Å²) >= 11 is 6.42. The SMILES string of the molecule is O=C(CCCNC1=NCC(=O)N1)NCC(=O)NC(CC(=O)OC(=O)C(F)(F)F)c1ccc(-c2ccccc2)c(Cl)c1. The Balaban J connectivity index is 1.60. The van der Waals surface area contributed by atoms with Crippen molar-refractivity contribution < 1.29 is 41.9 Å². The molecule has 41 heavy (non-hydrogen) atoms. The molecule has 0 fully saturated rings. The zero-order chi connectivity index (χ0) is 30.0. The number of esters is 2. The standard InChI is InChI=1S/C26H25ClF3N5O6/c27-18-11-16(8-9-17(18)15-5-2-1-3-6-15)19(12-23(39)41-24(40)26(28,29)30)34-21(37)13-32-20(36)7-4-10-31-25-33-14-22(38)35-25/h1-3,5-6,8-9,11,19H,4,7,10,12-14H2,(H,32,36)(H,34,37)(H2,31,33,35,38). The van der Waals surface area contributed by atoms with Gasteiger partial charge in [0.1, 0.15) is 6.54 Å². The van der Waals surface area contributed by atoms with E-state index in [4.69, 9.17) is 11.6 Å². The first-order chi connectivity index (χ1) is 19.4. The average Bonchev–Trinajstić information content (AvgIpc) is 3.34. The first-order valence-electron chi connectivity index (χ1n) is 12.2. The second-order valence-corrected chi connectivity index (χ2v) is 9.12. The number of carbonyl (C=O) groups excluding carboxylic acids is 5. The highest BCUT2D eigenvalue weighted by Crippen LogP contribution is 2.31. The molecule has 0 saturated heterocycles. The molecule has 11 nitrogen and oxygen atoms in total. The maximum Gasteiger partial charge on any atom is 0.491 e. The second-order valence-electron chi connectivity index (χ2n) is 8.71. The number of ether oxygens (including phenoxy) is 1. The Kier molecular flexibility index (Phi) is 10.8. The number of alkyl halides is 3. The molecule has 1 aliphatic heterocycles. The number of carbonyl (C=O) groups is 5. The van der Waals surface area contributed by atoms with Gasteiger partial charge in [0.2, 0.25) is 17.7 Å². The predicted molar refractivity (Wildman–Crippen MR) is 140 cm³/mol. The van der Waals surface area contributed by atoms with Crippen LogP contribution in [0.25, 0.3) is 11.1 Å². The van der Waals surface area contributed by atoms with Gasteiger partial charge in [-0.1, -0.05) is 54.1 Å². The average molecular weight is 596 g/mol. The summed E-state index contributed by atoms with van der Waals surface area (Å²) in [5.74, 6) is -5.38. The van der Waals surface area contributed by atoms with E-state index < -0.39 is 48.9 Å². The van der Waals surface area contributed by atoms with Crippen LogP contribution in [-0.4, -0.2) is 61.4 Å². The number of benzene rings is 2. The van der Waals surface area contributed by atoms with Gasteiger partial charge in [0, 0.05) is 23.6 Å². The smallest absolute Gasteiger partial charge is 0.386 e. The van der Waals surface area contributed by atoms with Crippen LogP contribution in [0.1, 0.15) is 30.9 Å². The van der Waals surface area contributed by atoms with Crippen molar-refractivity contribution in [2.24, 2.45) is 4.99 Å². The number of hydrogen-bond donors (Lipinski definition) is 4. The number of nitrogens with one attached hydrogen (secondary N) is 4. The minimum absolute atomic E-state index is 0.0264. The quantitative estimate of drug-likeness (QED) is 0.176. The van der Waals surface area contributed by atoms with Crippen LogP contribution in [0, 0.1) is 0 Å². The molecule has 1 aliphatic rings. The number of hydrogen-bond acceptors (Lipinski definition) is 8. The molecule has 1 unspecified atom stereocenters. The summed E-state index contributed by atoms with van der Waals surface area (Å²) in [4.78, 5) is 62.9. The molecular formula is C26H25ClF3N5O6. The summed E-state index contributed by atoms with van der Waals surface area (Å²) < 4.78 is 41.5. The van der Waals surface area contributed by atoms with Crippen molar-refractivity contribution in [3.63, 3.8) is 0 Å². The van der Waals surface area contributed by atoms with Crippen LogP contribution < -0.4 is 21.3 Å². The van der Waals surface area contributed by atoms with Crippen molar-refractivity contribution in [3.8, 4) is 11.1 Å². The van der Waals surface area contributed by atoms with E-state index >= 15 is 0 Å². The molecule has 1 heterocycles. The maximum atomic E-state index is 12.6. The van der Waals surface area contributed by atoms with E-state index in [1.54, 1.807) is 30.3 Å². The third-order valence-electron chi connectivity index (χ3n) is 5.58. The number of amides is 3. The van der Waals surface area contributed by atoms with E-state index in [1.165, 1.54) is 12.1 Å². The van der Waals surface area contributed by atoms with Gasteiger partial charge in [-0.05, 0) is 23.6 Å². The highest BCUT2D eigenvalue weighted by atomic mass is 35.5. The lowest BCUT2D eigenvalue weighted by Crippen LogP contribution is -2.40. The lowest BCUT2D eigenvalue weighted by molar-refractivity contribution is -0.202. The highest BCUT2D eigenvalue weighted by Gasteiger charge is 2.42. The third-order valence-corrected chi connectivity index (χ3v) is 5.89. The summed E-state index contributed by atoms with van der Waals surface area (Å²) in [6.07, 6.45) is -5.81. The van der Waals surface area contributed by atoms with Gasteiger partial charge in [0.25, 0.3) is 0 Å². The van der Waals surface area contributed by atoms with Crippen molar-refractivity contribution in [1.82, 2.24) is 21.3 Å². The zero-order valence-electron chi connectivity index (χ0n) is 21.3. The second kappa shape index (κ2) is 14.3. The number of nitrogens with zero attached hydrogens (tertiary/aromatic N) is 1. The number of aliphatic imine (C=N–C) groups is 1. The van der Waals surface area contributed by atoms with E-state index in [0.29, 0.717) is 24.5 Å². The molecule has 0 bridgehead atoms. The minimum Gasteiger partial charge on any atom is -0.386 e. The Hall–Kier alpha value is -4.46. The van der Waals surface area contributed by atoms with Crippen LogP contribution in [0.15, 0.2) is 53.5 Å². The Bertz CT molecular complexity index is 1340. The largest absolute Gasteiger partial charge is 0.491 e. The van der Waals surface area contributed by atoms with E-state index in [9.17, 15) is 37.1 Å². The summed E-state index contributed by atoms with van der Waals surface area (Å²) in [6, 6.07) is 12.3. The van der Waals surface area contributed by atoms with Crippen molar-refractivity contribution in [2.75, 3.05) is 19.6 Å². The molecule has 3 rings (SSSR count). The van der Waals surface area contributed by atoms with Crippen LogP contribution in [0.3, 0.4) is 0 Å². The molecule has 0 aliphatic carbocycles. The molecule has 0 aromatic heterocycles. The minimum atomic E-state index is -5.38. The normalized spacial score (nSPS) is 13.5. The molecule has 4 N–H and O–H groups in total. The molecule has 0 saturated carbocycles. The number of guanidine groups is 1. The van der Waals surface area contributed by atoms with Crippen molar-refractivity contribution >= 4 is 47.2 Å². The predicted octanol–water partition coefficient (Wildman–Crippen LogP) is 2.16. The van der Waals surface area contributed by atoms with Gasteiger partial charge in [-0.2, -0.15) is 13.2 Å². The Morgan fingerprint density at radius 3 is 2.44 bits per heavy atom. The molecule has 218 valence electrons. The Labute approximate surface area is 236 Å². The summed E-state index contributed by atoms with van der Waals surface area (Å²) in [7, 11) is 0. The molecule has 2 aromatic carbocycles. The zero-order valence-corrected chi connectivity index (χ0v) is 22.1. The van der Waals surface area contributed by atoms with Gasteiger partial charge in [0.15, 0.2) is 5.96 Å². The Morgan fingerprint density at radius 2 is 1.80 bits per heavy atom. The monoisotopic (exact) mass is 595 g/mol. The fourth-order valence-corrected chi connectivity index (χ4v) is 3.95. The van der Waals surface area contributed by atoms with Gasteiger partial charge in [-0.3, -0.25) is 24.5 Å². The van der Waals surface area contributed by atoms with Crippen molar-refractivity contribution in [1.29, 1.82) is 0 Å². The molecule has 1 atom stereocenters. The number of rotatable bonds is 11. The lowest BCUT2D eigenvalue weighted by atomic mass is 9.99. The topological polar surface area (TPSA) is 155 Å². The maximum absolute atomic E-state index is 12.6. The van der Waals surface area contributed by atoms with Crippen LogP contribution in [0.2, 0.25) is 5.02 Å². The summed E-state index contributed by atoms with van der Waals surface area (Å²) in [5.41, 5.74) is 1.65. The van der Waals surface area contributed by atoms with Crippen molar-refractivity contribution in [3.05, 3.63) is 59.1 Å². The van der Waals surface area contributed by atoms with Gasteiger partial charge in [0.05, 0.1) is 19.0 Å². The summed E-state index contributed by atoms with van der Waals surface area (Å²) in [5, 5.41) is 10.4. The molecule has 3 amide bonds. The van der Waals surface area contributed by atoms with Gasteiger partial charge in [-0.25, -0.2) is 9.79 Å². The van der Waals surface area contributed by atoms with E-state index in [-0.39, 0.29) is 29.5 Å². The van der Waals surface area contributed by atoms with Gasteiger partial charge >= 0.3 is 18.1 Å². The van der Waals surface area contributed by atoms with Crippen LogP contribution in [-0.2, 0) is 28.7 Å². The fraction of sp³-hybridized carbons (Fsp3) is 0.308. The highest BCUT2D eigenvalue weighted by molar-refractivity contribution is 6.33. The third kappa shape index (κ3) is 9.90. The van der Waals surface area contributed by atoms with Crippen LogP contribution in [0.4, 0.5) is 13.2 Å². The first kappa shape index (κ1) is 31.1. The number of halogens is 4. The van der Waals surface area contributed by atoms with Crippen LogP contribution >= 0.6 is 11.6 Å². The molecule has 2 aromatic rings. The molecule has 15 heteroatoms. The van der Waals surface area contributed by atoms with Gasteiger partial charge in [-0.15, -0.1) is 0 Å². The molecule has 0 spiro atoms. The first-order valence-corrected chi connectivity index (χ1v) is 12.6. The van der Waals surface area contributed by atoms with E-state index in [2.05, 4.69) is 31.0 Å². The van der Waals surface area contributed by atoms with Gasteiger partial charge < -0.3 is 20.7 Å².